The van der Waals surface area contributed by atoms with E-state index in [2.05, 4.69) is 20.2 Å². The normalized spacial score (nSPS) is 18.8. The highest BCUT2D eigenvalue weighted by Crippen LogP contribution is 2.37. The van der Waals surface area contributed by atoms with Crippen LogP contribution in [-0.2, 0) is 4.74 Å². The van der Waals surface area contributed by atoms with Crippen LogP contribution < -0.4 is 14.8 Å². The van der Waals surface area contributed by atoms with E-state index < -0.39 is 5.82 Å². The number of nitrogens with one attached hydrogen (secondary N) is 1. The number of likely N-dealkylation sites (tertiary alicyclic amines) is 1. The zero-order valence-corrected chi connectivity index (χ0v) is 19.7. The summed E-state index contributed by atoms with van der Waals surface area (Å²) in [5.41, 5.74) is 1.30. The summed E-state index contributed by atoms with van der Waals surface area (Å²) in [6.45, 7) is 4.96. The summed E-state index contributed by atoms with van der Waals surface area (Å²) in [5, 5.41) is 3.98. The molecule has 1 N–H and O–H groups in total. The van der Waals surface area contributed by atoms with Gasteiger partial charge in [-0.3, -0.25) is 4.90 Å². The Kier molecular flexibility index (Phi) is 7.27. The molecule has 1 aromatic heterocycles. The van der Waals surface area contributed by atoms with Gasteiger partial charge in [0.25, 0.3) is 0 Å². The van der Waals surface area contributed by atoms with E-state index in [1.165, 1.54) is 37.7 Å². The number of anilines is 2. The first kappa shape index (κ1) is 23.1. The monoisotopic (exact) mass is 486 g/mol. The van der Waals surface area contributed by atoms with E-state index in [-0.39, 0.29) is 11.1 Å². The molecule has 7 nitrogen and oxygen atoms in total. The predicted octanol–water partition coefficient (Wildman–Crippen LogP) is 5.20. The Bertz CT molecular complexity index is 1140. The van der Waals surface area contributed by atoms with Gasteiger partial charge in [-0.2, -0.15) is 0 Å². The number of hydrogen-bond acceptors (Lipinski definition) is 7. The Balaban J connectivity index is 1.42. The minimum absolute atomic E-state index is 0.0346. The third kappa shape index (κ3) is 5.51. The van der Waals surface area contributed by atoms with Crippen LogP contribution in [0.5, 0.6) is 11.5 Å². The van der Waals surface area contributed by atoms with Crippen molar-refractivity contribution in [1.82, 2.24) is 14.9 Å². The molecule has 0 radical (unpaired) electrons. The molecule has 34 heavy (non-hydrogen) atoms. The lowest BCUT2D eigenvalue weighted by molar-refractivity contribution is 0.142. The van der Waals surface area contributed by atoms with Gasteiger partial charge in [-0.05, 0) is 44.1 Å². The van der Waals surface area contributed by atoms with Crippen molar-refractivity contribution < 1.29 is 18.6 Å². The summed E-state index contributed by atoms with van der Waals surface area (Å²) in [7, 11) is 0. The largest absolute Gasteiger partial charge is 0.492 e. The third-order valence-electron chi connectivity index (χ3n) is 6.16. The maximum Gasteiger partial charge on any atom is 0.145 e. The first-order valence-electron chi connectivity index (χ1n) is 11.8. The number of fused-ring (bicyclic) bond motifs is 1. The first-order valence-corrected chi connectivity index (χ1v) is 12.1. The van der Waals surface area contributed by atoms with Crippen LogP contribution >= 0.6 is 11.6 Å². The van der Waals surface area contributed by atoms with Crippen molar-refractivity contribution in [3.63, 3.8) is 0 Å². The highest BCUT2D eigenvalue weighted by atomic mass is 35.5. The molecule has 2 fully saturated rings. The second kappa shape index (κ2) is 10.7. The lowest BCUT2D eigenvalue weighted by Gasteiger charge is -2.26. The van der Waals surface area contributed by atoms with Crippen LogP contribution in [0.1, 0.15) is 25.7 Å². The maximum absolute atomic E-state index is 13.6. The van der Waals surface area contributed by atoms with E-state index in [1.807, 2.05) is 12.1 Å². The van der Waals surface area contributed by atoms with E-state index in [1.54, 1.807) is 6.07 Å². The molecule has 0 saturated carbocycles. The average molecular weight is 487 g/mol. The van der Waals surface area contributed by atoms with Crippen molar-refractivity contribution >= 4 is 34.0 Å². The van der Waals surface area contributed by atoms with Gasteiger partial charge in [0.15, 0.2) is 0 Å². The number of nitrogens with zero attached hydrogens (tertiary/aromatic N) is 3. The molecule has 2 aliphatic heterocycles. The van der Waals surface area contributed by atoms with Crippen molar-refractivity contribution in [2.75, 3.05) is 44.8 Å². The van der Waals surface area contributed by atoms with E-state index in [9.17, 15) is 4.39 Å². The lowest BCUT2D eigenvalue weighted by atomic mass is 10.1. The van der Waals surface area contributed by atoms with Crippen LogP contribution in [0, 0.1) is 5.82 Å². The van der Waals surface area contributed by atoms with Gasteiger partial charge in [-0.25, -0.2) is 14.4 Å². The molecule has 9 heteroatoms. The van der Waals surface area contributed by atoms with E-state index in [0.29, 0.717) is 48.3 Å². The number of benzene rings is 2. The van der Waals surface area contributed by atoms with E-state index >= 15 is 0 Å². The molecule has 5 rings (SSSR count). The zero-order chi connectivity index (χ0) is 23.3. The zero-order valence-electron chi connectivity index (χ0n) is 18.9. The molecule has 3 aromatic rings. The summed E-state index contributed by atoms with van der Waals surface area (Å²) >= 11 is 5.96. The van der Waals surface area contributed by atoms with Gasteiger partial charge in [-0.15, -0.1) is 0 Å². The standard InChI is InChI=1S/C25H28ClFN4O3/c26-20-12-17(4-5-21(20)27)30-25-24-22(28-16-29-25)13-19(14-23(24)34-18-6-10-32-15-18)33-11-9-31-7-2-1-3-8-31/h4-5,12-14,16,18H,1-3,6-11,15H2,(H,28,29,30). The molecular weight excluding hydrogens is 459 g/mol. The lowest BCUT2D eigenvalue weighted by Crippen LogP contribution is -2.33. The topological polar surface area (TPSA) is 68.7 Å². The quantitative estimate of drug-likeness (QED) is 0.469. The minimum Gasteiger partial charge on any atom is -0.492 e. The van der Waals surface area contributed by atoms with Crippen LogP contribution in [0.25, 0.3) is 10.9 Å². The molecule has 2 aromatic carbocycles. The van der Waals surface area contributed by atoms with Gasteiger partial charge < -0.3 is 19.5 Å². The molecule has 0 bridgehead atoms. The van der Waals surface area contributed by atoms with Gasteiger partial charge in [0.05, 0.1) is 29.1 Å². The molecule has 1 atom stereocenters. The highest BCUT2D eigenvalue weighted by molar-refractivity contribution is 6.31. The second-order valence-electron chi connectivity index (χ2n) is 8.65. The van der Waals surface area contributed by atoms with Crippen LogP contribution in [0.2, 0.25) is 5.02 Å². The summed E-state index contributed by atoms with van der Waals surface area (Å²) < 4.78 is 31.5. The SMILES string of the molecule is Fc1ccc(Nc2ncnc3cc(OCCN4CCCCC4)cc(OC4CCOC4)c23)cc1Cl. The van der Waals surface area contributed by atoms with E-state index in [0.717, 1.165) is 31.4 Å². The van der Waals surface area contributed by atoms with Gasteiger partial charge in [-0.1, -0.05) is 18.0 Å². The van der Waals surface area contributed by atoms with Crippen molar-refractivity contribution in [3.8, 4) is 11.5 Å². The van der Waals surface area contributed by atoms with Crippen molar-refractivity contribution in [2.24, 2.45) is 0 Å². The Labute approximate surface area is 203 Å². The van der Waals surface area contributed by atoms with E-state index in [4.69, 9.17) is 25.8 Å². The Morgan fingerprint density at radius 1 is 1.15 bits per heavy atom. The summed E-state index contributed by atoms with van der Waals surface area (Å²) in [6.07, 6.45) is 6.06. The number of ether oxygens (including phenoxy) is 3. The Morgan fingerprint density at radius 2 is 2.03 bits per heavy atom. The van der Waals surface area contributed by atoms with Gasteiger partial charge in [0.1, 0.15) is 42.2 Å². The fraction of sp³-hybridized carbons (Fsp3) is 0.440. The number of hydrogen-bond donors (Lipinski definition) is 1. The van der Waals surface area contributed by atoms with Gasteiger partial charge in [0.2, 0.25) is 0 Å². The van der Waals surface area contributed by atoms with Crippen LogP contribution in [0.3, 0.4) is 0 Å². The minimum atomic E-state index is -0.476. The molecule has 2 aliphatic rings. The highest BCUT2D eigenvalue weighted by Gasteiger charge is 2.21. The van der Waals surface area contributed by atoms with Gasteiger partial charge >= 0.3 is 0 Å². The molecule has 0 spiro atoms. The Morgan fingerprint density at radius 3 is 2.82 bits per heavy atom. The molecule has 180 valence electrons. The number of rotatable bonds is 8. The van der Waals surface area contributed by atoms with Crippen LogP contribution in [-0.4, -0.2) is 60.4 Å². The van der Waals surface area contributed by atoms with Crippen molar-refractivity contribution in [2.45, 2.75) is 31.8 Å². The average Bonchev–Trinajstić information content (AvgIpc) is 3.35. The fourth-order valence-corrected chi connectivity index (χ4v) is 4.55. The van der Waals surface area contributed by atoms with Crippen molar-refractivity contribution in [1.29, 1.82) is 0 Å². The summed E-state index contributed by atoms with van der Waals surface area (Å²) in [5.74, 6) is 1.39. The predicted molar refractivity (Wildman–Crippen MR) is 130 cm³/mol. The second-order valence-corrected chi connectivity index (χ2v) is 9.05. The smallest absolute Gasteiger partial charge is 0.145 e. The first-order chi connectivity index (χ1) is 16.7. The number of piperidine rings is 1. The Hall–Kier alpha value is -2.68. The summed E-state index contributed by atoms with van der Waals surface area (Å²) in [4.78, 5) is 11.3. The number of aromatic nitrogens is 2. The third-order valence-corrected chi connectivity index (χ3v) is 6.45. The van der Waals surface area contributed by atoms with Crippen LogP contribution in [0.4, 0.5) is 15.9 Å². The van der Waals surface area contributed by atoms with Crippen molar-refractivity contribution in [3.05, 3.63) is 47.5 Å². The molecule has 3 heterocycles. The van der Waals surface area contributed by atoms with Gasteiger partial charge in [0, 0.05) is 30.8 Å². The summed E-state index contributed by atoms with van der Waals surface area (Å²) in [6, 6.07) is 8.24. The molecule has 1 unspecified atom stereocenters. The molecule has 0 aliphatic carbocycles. The molecular formula is C25H28ClFN4O3. The molecule has 0 amide bonds. The molecule has 2 saturated heterocycles. The van der Waals surface area contributed by atoms with Crippen LogP contribution in [0.15, 0.2) is 36.7 Å². The maximum atomic E-state index is 13.6. The fourth-order valence-electron chi connectivity index (χ4n) is 4.37. The number of halogens is 2.